The minimum atomic E-state index is -0.180. The zero-order chi connectivity index (χ0) is 21.1. The molecule has 3 rings (SSSR count). The van der Waals surface area contributed by atoms with Gasteiger partial charge < -0.3 is 9.47 Å². The van der Waals surface area contributed by atoms with Crippen molar-refractivity contribution in [3.8, 4) is 11.5 Å². The Balaban J connectivity index is 1.95. The van der Waals surface area contributed by atoms with Crippen molar-refractivity contribution in [2.24, 2.45) is 0 Å². The van der Waals surface area contributed by atoms with E-state index in [9.17, 15) is 4.79 Å². The highest BCUT2D eigenvalue weighted by molar-refractivity contribution is 14.1. The fourth-order valence-electron chi connectivity index (χ4n) is 2.68. The van der Waals surface area contributed by atoms with E-state index in [1.165, 1.54) is 16.7 Å². The molecule has 0 aromatic heterocycles. The van der Waals surface area contributed by atoms with Crippen LogP contribution in [-0.4, -0.2) is 23.4 Å². The molecule has 152 valence electrons. The summed E-state index contributed by atoms with van der Waals surface area (Å²) in [7, 11) is 0. The molecule has 1 heterocycles. The van der Waals surface area contributed by atoms with Gasteiger partial charge in [0.1, 0.15) is 0 Å². The molecule has 1 fully saturated rings. The van der Waals surface area contributed by atoms with Crippen molar-refractivity contribution < 1.29 is 14.3 Å². The number of nitrogens with zero attached hydrogens (tertiary/aromatic N) is 1. The van der Waals surface area contributed by atoms with Crippen molar-refractivity contribution >= 4 is 96.1 Å². The van der Waals surface area contributed by atoms with E-state index in [1.54, 1.807) is 18.2 Å². The van der Waals surface area contributed by atoms with Gasteiger partial charge in [0, 0.05) is 4.47 Å². The molecule has 0 N–H and O–H groups in total. The summed E-state index contributed by atoms with van der Waals surface area (Å²) in [6, 6.07) is 9.14. The topological polar surface area (TPSA) is 38.8 Å². The number of hydrogen-bond donors (Lipinski definition) is 0. The van der Waals surface area contributed by atoms with E-state index in [4.69, 9.17) is 33.3 Å². The van der Waals surface area contributed by atoms with Crippen molar-refractivity contribution in [1.29, 1.82) is 0 Å². The van der Waals surface area contributed by atoms with Gasteiger partial charge in [0.25, 0.3) is 5.91 Å². The van der Waals surface area contributed by atoms with E-state index in [-0.39, 0.29) is 5.91 Å². The molecule has 0 atom stereocenters. The minimum absolute atomic E-state index is 0.180. The van der Waals surface area contributed by atoms with E-state index < -0.39 is 0 Å². The van der Waals surface area contributed by atoms with Crippen LogP contribution in [0.15, 0.2) is 39.7 Å². The lowest BCUT2D eigenvalue weighted by molar-refractivity contribution is -0.113. The van der Waals surface area contributed by atoms with Crippen LogP contribution in [0.3, 0.4) is 0 Å². The summed E-state index contributed by atoms with van der Waals surface area (Å²) in [4.78, 5) is 15.1. The van der Waals surface area contributed by atoms with Crippen LogP contribution in [0, 0.1) is 3.57 Å². The lowest BCUT2D eigenvalue weighted by Gasteiger charge is -2.15. The van der Waals surface area contributed by atoms with Crippen LogP contribution in [0.5, 0.6) is 11.5 Å². The molecule has 0 aliphatic carbocycles. The third kappa shape index (κ3) is 5.10. The first-order chi connectivity index (χ1) is 13.8. The number of carbonyl (C=O) groups excluding carboxylic acids is 1. The quantitative estimate of drug-likeness (QED) is 0.199. The molecule has 4 nitrogen and oxygen atoms in total. The largest absolute Gasteiger partial charge is 0.490 e. The maximum Gasteiger partial charge on any atom is 0.270 e. The maximum absolute atomic E-state index is 13.0. The summed E-state index contributed by atoms with van der Waals surface area (Å²) in [6.07, 6.45) is 1.82. The first-order valence-corrected chi connectivity index (χ1v) is 12.1. The van der Waals surface area contributed by atoms with Crippen LogP contribution in [0.1, 0.15) is 19.4 Å². The summed E-state index contributed by atoms with van der Waals surface area (Å²) >= 11 is 18.5. The molecular formula is C20H16BrClINO3S2. The number of carbonyl (C=O) groups is 1. The highest BCUT2D eigenvalue weighted by Gasteiger charge is 2.33. The molecule has 1 aliphatic heterocycles. The summed E-state index contributed by atoms with van der Waals surface area (Å²) in [5.74, 6) is 1.19. The first kappa shape index (κ1) is 22.9. The van der Waals surface area contributed by atoms with E-state index >= 15 is 0 Å². The number of benzene rings is 2. The zero-order valence-corrected chi connectivity index (χ0v) is 21.6. The van der Waals surface area contributed by atoms with Gasteiger partial charge in [-0.1, -0.05) is 35.6 Å². The van der Waals surface area contributed by atoms with Crippen molar-refractivity contribution in [1.82, 2.24) is 0 Å². The average molecular weight is 625 g/mol. The number of anilines is 1. The van der Waals surface area contributed by atoms with Gasteiger partial charge in [-0.25, -0.2) is 0 Å². The van der Waals surface area contributed by atoms with Gasteiger partial charge >= 0.3 is 0 Å². The normalized spacial score (nSPS) is 15.3. The Bertz CT molecular complexity index is 1020. The van der Waals surface area contributed by atoms with E-state index in [2.05, 4.69) is 38.5 Å². The van der Waals surface area contributed by atoms with Crippen molar-refractivity contribution in [2.45, 2.75) is 13.8 Å². The number of thiocarbonyl (C=S) groups is 1. The van der Waals surface area contributed by atoms with Gasteiger partial charge in [0.15, 0.2) is 15.8 Å². The van der Waals surface area contributed by atoms with Crippen LogP contribution in [0.4, 0.5) is 5.69 Å². The molecule has 29 heavy (non-hydrogen) atoms. The van der Waals surface area contributed by atoms with Gasteiger partial charge in [-0.2, -0.15) is 0 Å². The first-order valence-electron chi connectivity index (χ1n) is 8.67. The molecule has 0 bridgehead atoms. The second-order valence-corrected chi connectivity index (χ2v) is 9.91. The Labute approximate surface area is 206 Å². The predicted molar refractivity (Wildman–Crippen MR) is 136 cm³/mol. The molecule has 0 radical (unpaired) electrons. The molecule has 0 unspecified atom stereocenters. The van der Waals surface area contributed by atoms with Crippen molar-refractivity contribution in [2.75, 3.05) is 18.1 Å². The molecular weight excluding hydrogens is 609 g/mol. The van der Waals surface area contributed by atoms with Crippen molar-refractivity contribution in [3.63, 3.8) is 0 Å². The third-order valence-electron chi connectivity index (χ3n) is 3.87. The third-order valence-corrected chi connectivity index (χ3v) is 7.21. The van der Waals surface area contributed by atoms with E-state index in [0.717, 1.165) is 13.6 Å². The highest BCUT2D eigenvalue weighted by Crippen LogP contribution is 2.40. The Morgan fingerprint density at radius 3 is 2.62 bits per heavy atom. The summed E-state index contributed by atoms with van der Waals surface area (Å²) in [5, 5.41) is 0.517. The van der Waals surface area contributed by atoms with Crippen molar-refractivity contribution in [3.05, 3.63) is 53.9 Å². The molecule has 2 aromatic carbocycles. The van der Waals surface area contributed by atoms with Crippen LogP contribution in [0.25, 0.3) is 6.08 Å². The summed E-state index contributed by atoms with van der Waals surface area (Å²) in [6.45, 7) is 4.92. The second kappa shape index (κ2) is 10.00. The molecule has 9 heteroatoms. The van der Waals surface area contributed by atoms with Gasteiger partial charge in [0.05, 0.1) is 32.4 Å². The van der Waals surface area contributed by atoms with Gasteiger partial charge in [-0.05, 0) is 94.3 Å². The molecule has 0 spiro atoms. The number of amides is 1. The van der Waals surface area contributed by atoms with E-state index in [0.29, 0.717) is 44.6 Å². The lowest BCUT2D eigenvalue weighted by Crippen LogP contribution is -2.27. The average Bonchev–Trinajstić information content (AvgIpc) is 2.94. The second-order valence-electron chi connectivity index (χ2n) is 5.81. The number of rotatable bonds is 6. The monoisotopic (exact) mass is 623 g/mol. The Morgan fingerprint density at radius 2 is 1.97 bits per heavy atom. The number of ether oxygens (including phenoxy) is 2. The SMILES string of the molecule is CCOc1cc(/C=C2/SC(=S)N(c3ccc(Br)c(Cl)c3)C2=O)cc(I)c1OCC. The standard InChI is InChI=1S/C20H16BrClINO3S2/c1-3-26-16-8-11(7-15(23)18(16)27-4-2)9-17-19(25)24(20(28)29-17)12-5-6-13(21)14(22)10-12/h5-10H,3-4H2,1-2H3/b17-9+. The number of halogens is 3. The molecule has 1 aliphatic rings. The maximum atomic E-state index is 13.0. The fraction of sp³-hybridized carbons (Fsp3) is 0.200. The van der Waals surface area contributed by atoms with Crippen LogP contribution >= 0.6 is 74.1 Å². The van der Waals surface area contributed by atoms with Gasteiger partial charge in [-0.15, -0.1) is 0 Å². The smallest absolute Gasteiger partial charge is 0.270 e. The van der Waals surface area contributed by atoms with Crippen LogP contribution in [0.2, 0.25) is 5.02 Å². The van der Waals surface area contributed by atoms with Crippen LogP contribution < -0.4 is 14.4 Å². The Morgan fingerprint density at radius 1 is 1.24 bits per heavy atom. The van der Waals surface area contributed by atoms with E-state index in [1.807, 2.05) is 32.1 Å². The summed E-state index contributed by atoms with van der Waals surface area (Å²) < 4.78 is 13.6. The minimum Gasteiger partial charge on any atom is -0.490 e. The lowest BCUT2D eigenvalue weighted by atomic mass is 10.1. The predicted octanol–water partition coefficient (Wildman–Crippen LogP) is 6.91. The Kier molecular flexibility index (Phi) is 7.88. The van der Waals surface area contributed by atoms with Gasteiger partial charge in [-0.3, -0.25) is 9.69 Å². The van der Waals surface area contributed by atoms with Crippen LogP contribution in [-0.2, 0) is 4.79 Å². The number of hydrogen-bond acceptors (Lipinski definition) is 5. The number of thioether (sulfide) groups is 1. The Hall–Kier alpha value is -0.810. The molecule has 1 amide bonds. The van der Waals surface area contributed by atoms with Gasteiger partial charge in [0.2, 0.25) is 0 Å². The molecule has 0 saturated carbocycles. The molecule has 2 aromatic rings. The molecule has 1 saturated heterocycles. The fourth-order valence-corrected chi connectivity index (χ4v) is 5.19. The zero-order valence-electron chi connectivity index (χ0n) is 15.5. The highest BCUT2D eigenvalue weighted by atomic mass is 127. The summed E-state index contributed by atoms with van der Waals surface area (Å²) in [5.41, 5.74) is 1.48.